The number of likely N-dealkylation sites (tertiary alicyclic amines) is 1. The topological polar surface area (TPSA) is 69.6 Å². The average molecular weight is 296 g/mol. The molecule has 1 aliphatic rings. The summed E-state index contributed by atoms with van der Waals surface area (Å²) in [6.45, 7) is 0.469. The lowest BCUT2D eigenvalue weighted by molar-refractivity contribution is -0.145. The maximum absolute atomic E-state index is 12.2. The number of carboxylic acid groups (broad SMARTS) is 1. The Morgan fingerprint density at radius 1 is 1.05 bits per heavy atom. The van der Waals surface area contributed by atoms with E-state index in [1.54, 1.807) is 0 Å². The molecule has 112 valence electrons. The van der Waals surface area contributed by atoms with Gasteiger partial charge in [-0.25, -0.2) is 9.59 Å². The number of hydrogen-bond donors (Lipinski definition) is 2. The number of anilines is 1. The Morgan fingerprint density at radius 3 is 2.36 bits per heavy atom. The number of amides is 2. The number of urea groups is 1. The first-order valence-corrected chi connectivity index (χ1v) is 7.11. The lowest BCUT2D eigenvalue weighted by atomic mass is 10.0. The molecule has 1 saturated heterocycles. The van der Waals surface area contributed by atoms with Gasteiger partial charge in [0.2, 0.25) is 0 Å². The van der Waals surface area contributed by atoms with Crippen molar-refractivity contribution in [3.05, 3.63) is 54.6 Å². The van der Waals surface area contributed by atoms with E-state index in [0.717, 1.165) is 11.1 Å². The van der Waals surface area contributed by atoms with E-state index in [2.05, 4.69) is 5.32 Å². The first-order chi connectivity index (χ1) is 10.7. The van der Waals surface area contributed by atoms with Gasteiger partial charge in [0.15, 0.2) is 0 Å². The van der Waals surface area contributed by atoms with Gasteiger partial charge in [0.25, 0.3) is 0 Å². The number of carbonyl (C=O) groups is 2. The van der Waals surface area contributed by atoms with Crippen LogP contribution in [0.5, 0.6) is 0 Å². The van der Waals surface area contributed by atoms with Gasteiger partial charge in [-0.2, -0.15) is 0 Å². The molecule has 0 aliphatic carbocycles. The molecule has 2 N–H and O–H groups in total. The summed E-state index contributed by atoms with van der Waals surface area (Å²) in [5, 5.41) is 11.8. The molecule has 1 aliphatic heterocycles. The summed E-state index contributed by atoms with van der Waals surface area (Å²) in [7, 11) is 0. The van der Waals surface area contributed by atoms with Crippen molar-refractivity contribution in [1.82, 2.24) is 4.90 Å². The van der Waals surface area contributed by atoms with Gasteiger partial charge in [0.05, 0.1) is 5.69 Å². The molecule has 1 fully saturated rings. The Bertz CT molecular complexity index is 700. The van der Waals surface area contributed by atoms with Crippen molar-refractivity contribution in [3.8, 4) is 11.1 Å². The molecule has 0 aromatic heterocycles. The smallest absolute Gasteiger partial charge is 0.326 e. The maximum atomic E-state index is 12.2. The number of benzene rings is 2. The zero-order chi connectivity index (χ0) is 15.5. The van der Waals surface area contributed by atoms with Crippen LogP contribution in [-0.2, 0) is 4.79 Å². The fourth-order valence-corrected chi connectivity index (χ4v) is 2.54. The van der Waals surface area contributed by atoms with Crippen LogP contribution in [-0.4, -0.2) is 34.6 Å². The van der Waals surface area contributed by atoms with Crippen molar-refractivity contribution >= 4 is 17.7 Å². The number of carboxylic acids is 1. The van der Waals surface area contributed by atoms with E-state index in [-0.39, 0.29) is 6.03 Å². The monoisotopic (exact) mass is 296 g/mol. The fraction of sp³-hybridized carbons (Fsp3) is 0.176. The number of para-hydroxylation sites is 1. The Morgan fingerprint density at radius 2 is 1.73 bits per heavy atom. The Hall–Kier alpha value is -2.82. The molecule has 5 heteroatoms. The van der Waals surface area contributed by atoms with E-state index >= 15 is 0 Å². The molecule has 2 aromatic carbocycles. The summed E-state index contributed by atoms with van der Waals surface area (Å²) < 4.78 is 0. The largest absolute Gasteiger partial charge is 0.480 e. The molecule has 22 heavy (non-hydrogen) atoms. The first kappa shape index (κ1) is 14.1. The summed E-state index contributed by atoms with van der Waals surface area (Å²) in [5.41, 5.74) is 2.58. The number of nitrogens with one attached hydrogen (secondary N) is 1. The Balaban J connectivity index is 1.82. The van der Waals surface area contributed by atoms with Crippen LogP contribution < -0.4 is 5.32 Å². The molecule has 1 atom stereocenters. The molecular formula is C17H16N2O3. The molecule has 1 heterocycles. The summed E-state index contributed by atoms with van der Waals surface area (Å²) in [6.07, 6.45) is 0.503. The van der Waals surface area contributed by atoms with Crippen molar-refractivity contribution < 1.29 is 14.7 Å². The summed E-state index contributed by atoms with van der Waals surface area (Å²) in [5.74, 6) is -0.960. The lowest BCUT2D eigenvalue weighted by Gasteiger charge is -2.37. The molecule has 0 saturated carbocycles. The van der Waals surface area contributed by atoms with Gasteiger partial charge in [0, 0.05) is 12.1 Å². The normalized spacial score (nSPS) is 16.7. The van der Waals surface area contributed by atoms with Crippen LogP contribution in [0.15, 0.2) is 54.6 Å². The Kier molecular flexibility index (Phi) is 3.78. The highest BCUT2D eigenvalue weighted by Gasteiger charge is 2.37. The minimum Gasteiger partial charge on any atom is -0.480 e. The highest BCUT2D eigenvalue weighted by atomic mass is 16.4. The molecule has 0 radical (unpaired) electrons. The Labute approximate surface area is 128 Å². The second-order valence-corrected chi connectivity index (χ2v) is 5.18. The van der Waals surface area contributed by atoms with Crippen molar-refractivity contribution in [3.63, 3.8) is 0 Å². The number of nitrogens with zero attached hydrogens (tertiary/aromatic N) is 1. The highest BCUT2D eigenvalue weighted by Crippen LogP contribution is 2.28. The highest BCUT2D eigenvalue weighted by molar-refractivity contribution is 5.97. The predicted octanol–water partition coefficient (Wildman–Crippen LogP) is 3.04. The minimum atomic E-state index is -0.960. The molecule has 2 aromatic rings. The van der Waals surface area contributed by atoms with Crippen molar-refractivity contribution in [2.45, 2.75) is 12.5 Å². The summed E-state index contributed by atoms with van der Waals surface area (Å²) >= 11 is 0. The van der Waals surface area contributed by atoms with Crippen molar-refractivity contribution in [1.29, 1.82) is 0 Å². The van der Waals surface area contributed by atoms with Crippen LogP contribution in [0, 0.1) is 0 Å². The third-order valence-electron chi connectivity index (χ3n) is 3.82. The lowest BCUT2D eigenvalue weighted by Crippen LogP contribution is -2.56. The average Bonchev–Trinajstić information content (AvgIpc) is 2.47. The zero-order valence-electron chi connectivity index (χ0n) is 11.9. The van der Waals surface area contributed by atoms with Crippen LogP contribution in [0.3, 0.4) is 0 Å². The van der Waals surface area contributed by atoms with E-state index in [0.29, 0.717) is 18.7 Å². The summed E-state index contributed by atoms with van der Waals surface area (Å²) in [4.78, 5) is 24.6. The van der Waals surface area contributed by atoms with Crippen LogP contribution in [0.4, 0.5) is 10.5 Å². The molecule has 2 amide bonds. The number of carbonyl (C=O) groups excluding carboxylic acids is 1. The molecule has 0 unspecified atom stereocenters. The second kappa shape index (κ2) is 5.89. The third-order valence-corrected chi connectivity index (χ3v) is 3.82. The van der Waals surface area contributed by atoms with Crippen molar-refractivity contribution in [2.24, 2.45) is 0 Å². The predicted molar refractivity (Wildman–Crippen MR) is 83.6 cm³/mol. The van der Waals surface area contributed by atoms with E-state index < -0.39 is 12.0 Å². The van der Waals surface area contributed by atoms with Crippen LogP contribution in [0.2, 0.25) is 0 Å². The number of hydrogen-bond acceptors (Lipinski definition) is 2. The van der Waals surface area contributed by atoms with Gasteiger partial charge in [0.1, 0.15) is 6.04 Å². The number of aliphatic carboxylic acids is 1. The van der Waals surface area contributed by atoms with Gasteiger partial charge in [-0.05, 0) is 18.1 Å². The molecule has 0 spiro atoms. The fourth-order valence-electron chi connectivity index (χ4n) is 2.54. The standard InChI is InChI=1S/C17H16N2O3/c20-16(21)15-10-11-19(15)17(22)18-14-9-5-4-8-13(14)12-6-2-1-3-7-12/h1-9,15H,10-11H2,(H,18,22)(H,20,21)/t15-/m1/s1. The van der Waals surface area contributed by atoms with Crippen LogP contribution >= 0.6 is 0 Å². The zero-order valence-corrected chi connectivity index (χ0v) is 11.9. The first-order valence-electron chi connectivity index (χ1n) is 7.11. The van der Waals surface area contributed by atoms with Gasteiger partial charge < -0.3 is 15.3 Å². The van der Waals surface area contributed by atoms with Crippen LogP contribution in [0.1, 0.15) is 6.42 Å². The van der Waals surface area contributed by atoms with E-state index in [9.17, 15) is 9.59 Å². The second-order valence-electron chi connectivity index (χ2n) is 5.18. The summed E-state index contributed by atoms with van der Waals surface area (Å²) in [6, 6.07) is 16.1. The third kappa shape index (κ3) is 2.65. The van der Waals surface area contributed by atoms with E-state index in [1.807, 2.05) is 54.6 Å². The van der Waals surface area contributed by atoms with E-state index in [4.69, 9.17) is 5.11 Å². The molecule has 3 rings (SSSR count). The molecule has 0 bridgehead atoms. The molecular weight excluding hydrogens is 280 g/mol. The van der Waals surface area contributed by atoms with Crippen molar-refractivity contribution in [2.75, 3.05) is 11.9 Å². The van der Waals surface area contributed by atoms with Crippen LogP contribution in [0.25, 0.3) is 11.1 Å². The van der Waals surface area contributed by atoms with Gasteiger partial charge in [-0.15, -0.1) is 0 Å². The van der Waals surface area contributed by atoms with Gasteiger partial charge >= 0.3 is 12.0 Å². The van der Waals surface area contributed by atoms with E-state index in [1.165, 1.54) is 4.90 Å². The SMILES string of the molecule is O=C(O)[C@H]1CCN1C(=O)Nc1ccccc1-c1ccccc1. The van der Waals surface area contributed by atoms with Gasteiger partial charge in [-0.1, -0.05) is 48.5 Å². The minimum absolute atomic E-state index is 0.373. The maximum Gasteiger partial charge on any atom is 0.326 e. The van der Waals surface area contributed by atoms with Gasteiger partial charge in [-0.3, -0.25) is 0 Å². The quantitative estimate of drug-likeness (QED) is 0.914. The number of rotatable bonds is 3. The molecule has 5 nitrogen and oxygen atoms in total.